The molecule has 14 heavy (non-hydrogen) atoms. The number of aromatic carboxylic acids is 1. The van der Waals surface area contributed by atoms with Gasteiger partial charge in [-0.05, 0) is 31.5 Å². The zero-order valence-electron chi connectivity index (χ0n) is 8.00. The van der Waals surface area contributed by atoms with Crippen LogP contribution < -0.4 is 4.74 Å². The van der Waals surface area contributed by atoms with E-state index >= 15 is 0 Å². The average Bonchev–Trinajstić information content (AvgIpc) is 2.01. The van der Waals surface area contributed by atoms with E-state index in [1.54, 1.807) is 19.1 Å². The van der Waals surface area contributed by atoms with Crippen LogP contribution in [0.25, 0.3) is 0 Å². The molecule has 0 unspecified atom stereocenters. The van der Waals surface area contributed by atoms with Crippen molar-refractivity contribution in [3.8, 4) is 5.75 Å². The van der Waals surface area contributed by atoms with Crippen molar-refractivity contribution in [1.82, 2.24) is 0 Å². The molecule has 0 aliphatic carbocycles. The van der Waals surface area contributed by atoms with Crippen LogP contribution in [0.4, 0.5) is 0 Å². The fourth-order valence-electron chi connectivity index (χ4n) is 1.26. The van der Waals surface area contributed by atoms with Crippen LogP contribution >= 0.6 is 15.9 Å². The van der Waals surface area contributed by atoms with Crippen molar-refractivity contribution in [2.75, 3.05) is 6.61 Å². The lowest BCUT2D eigenvalue weighted by molar-refractivity contribution is 0.0691. The smallest absolute Gasteiger partial charge is 0.339 e. The molecule has 0 bridgehead atoms. The fraction of sp³-hybridized carbons (Fsp3) is 0.300. The maximum absolute atomic E-state index is 10.9. The highest BCUT2D eigenvalue weighted by molar-refractivity contribution is 9.10. The third kappa shape index (κ3) is 2.26. The Morgan fingerprint density at radius 1 is 1.57 bits per heavy atom. The zero-order valence-corrected chi connectivity index (χ0v) is 9.59. The topological polar surface area (TPSA) is 46.5 Å². The predicted octanol–water partition coefficient (Wildman–Crippen LogP) is 2.85. The molecular formula is C10H11BrO3. The lowest BCUT2D eigenvalue weighted by Gasteiger charge is -2.10. The number of carboxylic acids is 1. The van der Waals surface area contributed by atoms with Crippen molar-refractivity contribution < 1.29 is 14.6 Å². The summed E-state index contributed by atoms with van der Waals surface area (Å²) in [7, 11) is 0. The molecule has 0 fully saturated rings. The van der Waals surface area contributed by atoms with Gasteiger partial charge in [-0.2, -0.15) is 0 Å². The summed E-state index contributed by atoms with van der Waals surface area (Å²) in [5.74, 6) is -0.551. The average molecular weight is 259 g/mol. The minimum Gasteiger partial charge on any atom is -0.493 e. The first-order chi connectivity index (χ1) is 6.56. The van der Waals surface area contributed by atoms with Gasteiger partial charge in [0.1, 0.15) is 11.3 Å². The maximum Gasteiger partial charge on any atom is 0.339 e. The minimum atomic E-state index is -0.960. The monoisotopic (exact) mass is 258 g/mol. The first kappa shape index (κ1) is 11.0. The largest absolute Gasteiger partial charge is 0.493 e. The molecule has 0 spiro atoms. The molecule has 0 saturated carbocycles. The summed E-state index contributed by atoms with van der Waals surface area (Å²) in [5.41, 5.74) is 0.922. The summed E-state index contributed by atoms with van der Waals surface area (Å²) in [6.45, 7) is 4.02. The second kappa shape index (κ2) is 4.46. The summed E-state index contributed by atoms with van der Waals surface area (Å²) in [6.07, 6.45) is 0. The highest BCUT2D eigenvalue weighted by atomic mass is 79.9. The molecule has 0 aromatic heterocycles. The second-order valence-electron chi connectivity index (χ2n) is 2.83. The predicted molar refractivity (Wildman–Crippen MR) is 57.0 cm³/mol. The first-order valence-electron chi connectivity index (χ1n) is 4.22. The van der Waals surface area contributed by atoms with E-state index < -0.39 is 5.97 Å². The molecule has 1 N–H and O–H groups in total. The van der Waals surface area contributed by atoms with Crippen molar-refractivity contribution >= 4 is 21.9 Å². The van der Waals surface area contributed by atoms with Crippen molar-refractivity contribution in [1.29, 1.82) is 0 Å². The molecule has 0 amide bonds. The van der Waals surface area contributed by atoms with E-state index in [1.807, 2.05) is 6.92 Å². The normalized spacial score (nSPS) is 9.93. The van der Waals surface area contributed by atoms with Gasteiger partial charge in [0.15, 0.2) is 0 Å². The standard InChI is InChI=1S/C10H11BrO3/c1-3-14-8-5-7(11)4-6(2)9(8)10(12)13/h4-5H,3H2,1-2H3,(H,12,13). The first-order valence-corrected chi connectivity index (χ1v) is 5.01. The number of carbonyl (C=O) groups is 1. The van der Waals surface area contributed by atoms with Gasteiger partial charge in [0, 0.05) is 4.47 Å². The Bertz CT molecular complexity index is 361. The Morgan fingerprint density at radius 3 is 2.71 bits per heavy atom. The van der Waals surface area contributed by atoms with Crippen molar-refractivity contribution in [3.05, 3.63) is 27.7 Å². The van der Waals surface area contributed by atoms with Gasteiger partial charge in [-0.3, -0.25) is 0 Å². The minimum absolute atomic E-state index is 0.232. The van der Waals surface area contributed by atoms with Gasteiger partial charge >= 0.3 is 5.97 Å². The van der Waals surface area contributed by atoms with Crippen LogP contribution in [-0.4, -0.2) is 17.7 Å². The number of hydrogen-bond donors (Lipinski definition) is 1. The van der Waals surface area contributed by atoms with Gasteiger partial charge in [-0.25, -0.2) is 4.79 Å². The number of benzene rings is 1. The Kier molecular flexibility index (Phi) is 3.52. The van der Waals surface area contributed by atoms with E-state index in [0.717, 1.165) is 4.47 Å². The number of hydrogen-bond acceptors (Lipinski definition) is 2. The van der Waals surface area contributed by atoms with Crippen molar-refractivity contribution in [3.63, 3.8) is 0 Å². The maximum atomic E-state index is 10.9. The number of aryl methyl sites for hydroxylation is 1. The Balaban J connectivity index is 3.28. The van der Waals surface area contributed by atoms with Gasteiger partial charge in [0.25, 0.3) is 0 Å². The van der Waals surface area contributed by atoms with E-state index in [1.165, 1.54) is 0 Å². The molecule has 1 aromatic carbocycles. The molecule has 0 saturated heterocycles. The fourth-order valence-corrected chi connectivity index (χ4v) is 1.81. The molecular weight excluding hydrogens is 248 g/mol. The summed E-state index contributed by atoms with van der Waals surface area (Å²) in [4.78, 5) is 10.9. The summed E-state index contributed by atoms with van der Waals surface area (Å²) >= 11 is 3.29. The molecule has 4 heteroatoms. The third-order valence-corrected chi connectivity index (χ3v) is 2.24. The van der Waals surface area contributed by atoms with Gasteiger partial charge in [-0.1, -0.05) is 15.9 Å². The van der Waals surface area contributed by atoms with Crippen molar-refractivity contribution in [2.24, 2.45) is 0 Å². The lowest BCUT2D eigenvalue weighted by atomic mass is 10.1. The van der Waals surface area contributed by atoms with Crippen LogP contribution in [0, 0.1) is 6.92 Å². The molecule has 0 heterocycles. The molecule has 3 nitrogen and oxygen atoms in total. The van der Waals surface area contributed by atoms with Gasteiger partial charge in [0.05, 0.1) is 6.61 Å². The molecule has 0 aliphatic heterocycles. The number of rotatable bonds is 3. The summed E-state index contributed by atoms with van der Waals surface area (Å²) in [5, 5.41) is 8.97. The van der Waals surface area contributed by atoms with E-state index in [0.29, 0.717) is 17.9 Å². The number of ether oxygens (including phenoxy) is 1. The van der Waals surface area contributed by atoms with Crippen LogP contribution in [0.3, 0.4) is 0 Å². The molecule has 1 rings (SSSR count). The van der Waals surface area contributed by atoms with E-state index in [-0.39, 0.29) is 5.56 Å². The summed E-state index contributed by atoms with van der Waals surface area (Å²) < 4.78 is 6.07. The van der Waals surface area contributed by atoms with Crippen LogP contribution in [0.5, 0.6) is 5.75 Å². The highest BCUT2D eigenvalue weighted by Crippen LogP contribution is 2.27. The summed E-state index contributed by atoms with van der Waals surface area (Å²) in [6, 6.07) is 3.42. The van der Waals surface area contributed by atoms with Crippen LogP contribution in [0.15, 0.2) is 16.6 Å². The van der Waals surface area contributed by atoms with Crippen LogP contribution in [0.2, 0.25) is 0 Å². The number of carboxylic acid groups (broad SMARTS) is 1. The molecule has 0 atom stereocenters. The van der Waals surface area contributed by atoms with Gasteiger partial charge < -0.3 is 9.84 Å². The van der Waals surface area contributed by atoms with E-state index in [9.17, 15) is 4.79 Å². The quantitative estimate of drug-likeness (QED) is 0.907. The van der Waals surface area contributed by atoms with Crippen molar-refractivity contribution in [2.45, 2.75) is 13.8 Å². The lowest BCUT2D eigenvalue weighted by Crippen LogP contribution is -2.05. The molecule has 0 radical (unpaired) electrons. The second-order valence-corrected chi connectivity index (χ2v) is 3.75. The Morgan fingerprint density at radius 2 is 2.21 bits per heavy atom. The Hall–Kier alpha value is -1.03. The van der Waals surface area contributed by atoms with Crippen LogP contribution in [0.1, 0.15) is 22.8 Å². The SMILES string of the molecule is CCOc1cc(Br)cc(C)c1C(=O)O. The van der Waals surface area contributed by atoms with E-state index in [2.05, 4.69) is 15.9 Å². The van der Waals surface area contributed by atoms with Crippen LogP contribution in [-0.2, 0) is 0 Å². The number of halogens is 1. The molecule has 76 valence electrons. The molecule has 0 aliphatic rings. The van der Waals surface area contributed by atoms with Gasteiger partial charge in [0.2, 0.25) is 0 Å². The third-order valence-electron chi connectivity index (χ3n) is 1.78. The highest BCUT2D eigenvalue weighted by Gasteiger charge is 2.15. The Labute approximate surface area is 90.8 Å². The molecule has 1 aromatic rings. The van der Waals surface area contributed by atoms with E-state index in [4.69, 9.17) is 9.84 Å². The van der Waals surface area contributed by atoms with Gasteiger partial charge in [-0.15, -0.1) is 0 Å². The zero-order chi connectivity index (χ0) is 10.7.